The van der Waals surface area contributed by atoms with Gasteiger partial charge in [-0.05, 0) is 35.9 Å². The van der Waals surface area contributed by atoms with Gasteiger partial charge in [0, 0.05) is 23.5 Å². The Morgan fingerprint density at radius 3 is 2.21 bits per heavy atom. The predicted octanol–water partition coefficient (Wildman–Crippen LogP) is 3.95. The quantitative estimate of drug-likeness (QED) is 0.467. The summed E-state index contributed by atoms with van der Waals surface area (Å²) in [4.78, 5) is 26.5. The fourth-order valence-corrected chi connectivity index (χ4v) is 3.75. The van der Waals surface area contributed by atoms with E-state index in [0.29, 0.717) is 39.3 Å². The second-order valence-corrected chi connectivity index (χ2v) is 7.31. The molecule has 0 fully saturated rings. The van der Waals surface area contributed by atoms with Gasteiger partial charge >= 0.3 is 0 Å². The first-order chi connectivity index (χ1) is 16.1. The topological polar surface area (TPSA) is 78.8 Å². The van der Waals surface area contributed by atoms with Crippen molar-refractivity contribution in [3.05, 3.63) is 94.4 Å². The van der Waals surface area contributed by atoms with Crippen LogP contribution >= 0.6 is 0 Å². The molecule has 168 valence electrons. The van der Waals surface area contributed by atoms with Crippen molar-refractivity contribution < 1.29 is 19.0 Å². The van der Waals surface area contributed by atoms with E-state index in [1.807, 2.05) is 24.3 Å². The molecule has 3 aromatic carbocycles. The van der Waals surface area contributed by atoms with Crippen LogP contribution in [0.5, 0.6) is 17.2 Å². The average molecular weight is 444 g/mol. The molecule has 7 heteroatoms. The molecule has 0 radical (unpaired) electrons. The third-order valence-electron chi connectivity index (χ3n) is 5.41. The molecule has 0 bridgehead atoms. The van der Waals surface area contributed by atoms with Crippen molar-refractivity contribution in [3.8, 4) is 22.9 Å². The van der Waals surface area contributed by atoms with Gasteiger partial charge < -0.3 is 19.5 Å². The van der Waals surface area contributed by atoms with Crippen LogP contribution in [0, 0.1) is 0 Å². The highest BCUT2D eigenvalue weighted by atomic mass is 16.5. The first kappa shape index (κ1) is 22.0. The van der Waals surface area contributed by atoms with Crippen molar-refractivity contribution in [1.82, 2.24) is 9.88 Å². The van der Waals surface area contributed by atoms with Gasteiger partial charge in [0.1, 0.15) is 5.75 Å². The number of hydrogen-bond acceptors (Lipinski definition) is 5. The van der Waals surface area contributed by atoms with Gasteiger partial charge in [0.2, 0.25) is 0 Å². The van der Waals surface area contributed by atoms with Crippen LogP contribution in [0.25, 0.3) is 16.5 Å². The molecule has 1 N–H and O–H groups in total. The largest absolute Gasteiger partial charge is 0.495 e. The number of benzene rings is 3. The maximum atomic E-state index is 13.2. The number of para-hydroxylation sites is 2. The van der Waals surface area contributed by atoms with Crippen molar-refractivity contribution in [3.63, 3.8) is 0 Å². The molecule has 0 saturated carbocycles. The fraction of sp³-hybridized carbons (Fsp3) is 0.154. The SMILES string of the molecule is COc1ccc(CNC(=O)c2cn(-c3ccccc3OC)c(=O)c3ccccc23)cc1OC. The van der Waals surface area contributed by atoms with Crippen LogP contribution < -0.4 is 25.1 Å². The standard InChI is InChI=1S/C26H24N2O5/c1-31-22-11-7-6-10-21(22)28-16-20(18-8-4-5-9-19(18)26(28)30)25(29)27-15-17-12-13-23(32-2)24(14-17)33-3/h4-14,16H,15H2,1-3H3,(H,27,29). The van der Waals surface area contributed by atoms with E-state index in [4.69, 9.17) is 14.2 Å². The van der Waals surface area contributed by atoms with Gasteiger partial charge in [-0.1, -0.05) is 36.4 Å². The van der Waals surface area contributed by atoms with Crippen molar-refractivity contribution >= 4 is 16.7 Å². The average Bonchev–Trinajstić information content (AvgIpc) is 2.87. The number of amides is 1. The number of aromatic nitrogens is 1. The third kappa shape index (κ3) is 4.25. The first-order valence-corrected chi connectivity index (χ1v) is 10.3. The summed E-state index contributed by atoms with van der Waals surface area (Å²) in [6.45, 7) is 0.279. The van der Waals surface area contributed by atoms with Gasteiger partial charge in [0.15, 0.2) is 11.5 Å². The maximum absolute atomic E-state index is 13.2. The van der Waals surface area contributed by atoms with E-state index >= 15 is 0 Å². The Kier molecular flexibility index (Phi) is 6.31. The molecular weight excluding hydrogens is 420 g/mol. The van der Waals surface area contributed by atoms with Crippen LogP contribution in [0.2, 0.25) is 0 Å². The molecule has 1 heterocycles. The monoisotopic (exact) mass is 444 g/mol. The molecule has 33 heavy (non-hydrogen) atoms. The van der Waals surface area contributed by atoms with Crippen LogP contribution in [0.15, 0.2) is 77.7 Å². The second kappa shape index (κ2) is 9.48. The molecule has 0 saturated heterocycles. The number of nitrogens with zero attached hydrogens (tertiary/aromatic N) is 1. The van der Waals surface area contributed by atoms with E-state index < -0.39 is 0 Å². The van der Waals surface area contributed by atoms with Crippen LogP contribution in [0.3, 0.4) is 0 Å². The number of carbonyl (C=O) groups is 1. The summed E-state index contributed by atoms with van der Waals surface area (Å²) >= 11 is 0. The Morgan fingerprint density at radius 1 is 0.818 bits per heavy atom. The van der Waals surface area contributed by atoms with Crippen molar-refractivity contribution in [2.45, 2.75) is 6.54 Å². The van der Waals surface area contributed by atoms with E-state index in [9.17, 15) is 9.59 Å². The van der Waals surface area contributed by atoms with Crippen LogP contribution in [0.4, 0.5) is 0 Å². The minimum atomic E-state index is -0.301. The summed E-state index contributed by atoms with van der Waals surface area (Å²) < 4.78 is 17.5. The highest BCUT2D eigenvalue weighted by Crippen LogP contribution is 2.28. The van der Waals surface area contributed by atoms with E-state index in [1.165, 1.54) is 4.57 Å². The number of rotatable bonds is 7. The molecule has 4 aromatic rings. The molecule has 7 nitrogen and oxygen atoms in total. The van der Waals surface area contributed by atoms with Gasteiger partial charge in [-0.3, -0.25) is 14.2 Å². The lowest BCUT2D eigenvalue weighted by Gasteiger charge is -2.15. The minimum absolute atomic E-state index is 0.230. The van der Waals surface area contributed by atoms with Crippen molar-refractivity contribution in [2.24, 2.45) is 0 Å². The Hall–Kier alpha value is -4.26. The van der Waals surface area contributed by atoms with E-state index in [0.717, 1.165) is 5.56 Å². The van der Waals surface area contributed by atoms with Gasteiger partial charge in [-0.15, -0.1) is 0 Å². The number of ether oxygens (including phenoxy) is 3. The van der Waals surface area contributed by atoms with E-state index in [2.05, 4.69) is 5.32 Å². The molecule has 0 unspecified atom stereocenters. The zero-order chi connectivity index (χ0) is 23.4. The van der Waals surface area contributed by atoms with Gasteiger partial charge in [0.25, 0.3) is 11.5 Å². The second-order valence-electron chi connectivity index (χ2n) is 7.31. The Balaban J connectivity index is 1.73. The number of hydrogen-bond donors (Lipinski definition) is 1. The minimum Gasteiger partial charge on any atom is -0.495 e. The summed E-state index contributed by atoms with van der Waals surface area (Å²) in [7, 11) is 4.68. The Morgan fingerprint density at radius 2 is 1.48 bits per heavy atom. The van der Waals surface area contributed by atoms with Crippen molar-refractivity contribution in [1.29, 1.82) is 0 Å². The normalized spacial score (nSPS) is 10.6. The van der Waals surface area contributed by atoms with Crippen LogP contribution in [0.1, 0.15) is 15.9 Å². The van der Waals surface area contributed by atoms with Crippen LogP contribution in [-0.4, -0.2) is 31.8 Å². The lowest BCUT2D eigenvalue weighted by Crippen LogP contribution is -2.27. The van der Waals surface area contributed by atoms with Crippen molar-refractivity contribution in [2.75, 3.05) is 21.3 Å². The smallest absolute Gasteiger partial charge is 0.263 e. The molecule has 0 aliphatic carbocycles. The van der Waals surface area contributed by atoms with Gasteiger partial charge in [-0.25, -0.2) is 0 Å². The molecule has 0 aliphatic heterocycles. The molecule has 1 aromatic heterocycles. The predicted molar refractivity (Wildman–Crippen MR) is 127 cm³/mol. The summed E-state index contributed by atoms with van der Waals surface area (Å²) in [6, 6.07) is 19.7. The van der Waals surface area contributed by atoms with Crippen LogP contribution in [-0.2, 0) is 6.54 Å². The Bertz CT molecular complexity index is 1380. The summed E-state index contributed by atoms with van der Waals surface area (Å²) in [6.07, 6.45) is 1.56. The summed E-state index contributed by atoms with van der Waals surface area (Å²) in [5.41, 5.74) is 1.57. The van der Waals surface area contributed by atoms with Gasteiger partial charge in [-0.2, -0.15) is 0 Å². The first-order valence-electron chi connectivity index (χ1n) is 10.3. The summed E-state index contributed by atoms with van der Waals surface area (Å²) in [5.74, 6) is 1.43. The molecule has 4 rings (SSSR count). The highest BCUT2D eigenvalue weighted by Gasteiger charge is 2.17. The molecule has 0 aliphatic rings. The number of pyridine rings is 1. The zero-order valence-corrected chi connectivity index (χ0v) is 18.6. The molecule has 1 amide bonds. The number of carbonyl (C=O) groups excluding carboxylic acids is 1. The van der Waals surface area contributed by atoms with E-state index in [-0.39, 0.29) is 18.0 Å². The number of methoxy groups -OCH3 is 3. The van der Waals surface area contributed by atoms with Gasteiger partial charge in [0.05, 0.1) is 32.6 Å². The number of nitrogens with one attached hydrogen (secondary N) is 1. The number of fused-ring (bicyclic) bond motifs is 1. The highest BCUT2D eigenvalue weighted by molar-refractivity contribution is 6.06. The lowest BCUT2D eigenvalue weighted by atomic mass is 10.1. The molecular formula is C26H24N2O5. The van der Waals surface area contributed by atoms with E-state index in [1.54, 1.807) is 70.0 Å². The molecule has 0 atom stereocenters. The fourth-order valence-electron chi connectivity index (χ4n) is 3.75. The Labute approximate surface area is 191 Å². The third-order valence-corrected chi connectivity index (χ3v) is 5.41. The zero-order valence-electron chi connectivity index (χ0n) is 18.6. The summed E-state index contributed by atoms with van der Waals surface area (Å²) in [5, 5.41) is 3.97. The lowest BCUT2D eigenvalue weighted by molar-refractivity contribution is 0.0952. The molecule has 0 spiro atoms. The maximum Gasteiger partial charge on any atom is 0.263 e.